The number of rotatable bonds is 4. The van der Waals surface area contributed by atoms with Crippen LogP contribution in [0.2, 0.25) is 0 Å². The van der Waals surface area contributed by atoms with Crippen LogP contribution >= 0.6 is 0 Å². The second-order valence-electron chi connectivity index (χ2n) is 5.79. The fourth-order valence-electron chi connectivity index (χ4n) is 2.56. The minimum absolute atomic E-state index is 0.854. The molecule has 3 rings (SSSR count). The summed E-state index contributed by atoms with van der Waals surface area (Å²) in [5, 5.41) is 16.7. The molecule has 8 heteroatoms. The molecule has 22 heavy (non-hydrogen) atoms. The molecule has 0 aliphatic carbocycles. The normalized spacial score (nSPS) is 16.0. The Labute approximate surface area is 130 Å². The molecule has 1 fully saturated rings. The summed E-state index contributed by atoms with van der Waals surface area (Å²) in [6.07, 6.45) is 1.97. The summed E-state index contributed by atoms with van der Waals surface area (Å²) in [5.41, 5.74) is 1.02. The molecule has 0 spiro atoms. The highest BCUT2D eigenvalue weighted by molar-refractivity contribution is 5.44. The van der Waals surface area contributed by atoms with Gasteiger partial charge in [-0.05, 0) is 12.1 Å². The van der Waals surface area contributed by atoms with Crippen LogP contribution in [0.15, 0.2) is 18.3 Å². The molecule has 0 aromatic carbocycles. The summed E-state index contributed by atoms with van der Waals surface area (Å²) in [4.78, 5) is 6.62. The monoisotopic (exact) mass is 302 g/mol. The zero-order valence-electron chi connectivity index (χ0n) is 13.3. The first-order valence-electron chi connectivity index (χ1n) is 7.45. The zero-order chi connectivity index (χ0) is 15.5. The van der Waals surface area contributed by atoms with Crippen molar-refractivity contribution in [3.8, 4) is 0 Å². The number of aromatic nitrogens is 5. The number of piperazine rings is 1. The molecule has 2 aromatic heterocycles. The van der Waals surface area contributed by atoms with Gasteiger partial charge >= 0.3 is 0 Å². The van der Waals surface area contributed by atoms with Crippen LogP contribution in [0.1, 0.15) is 5.69 Å². The molecule has 3 heterocycles. The third-order valence-corrected chi connectivity index (χ3v) is 3.83. The molecule has 118 valence electrons. The van der Waals surface area contributed by atoms with Gasteiger partial charge in [0, 0.05) is 60.1 Å². The van der Waals surface area contributed by atoms with E-state index in [4.69, 9.17) is 0 Å². The van der Waals surface area contributed by atoms with E-state index in [-0.39, 0.29) is 0 Å². The summed E-state index contributed by atoms with van der Waals surface area (Å²) in [6, 6.07) is 4.05. The molecule has 0 radical (unpaired) electrons. The van der Waals surface area contributed by atoms with Crippen molar-refractivity contribution >= 4 is 11.6 Å². The highest BCUT2D eigenvalue weighted by Crippen LogP contribution is 2.16. The number of aryl methyl sites for hydroxylation is 1. The fraction of sp³-hybridized carbons (Fsp3) is 0.571. The molecular formula is C14H22N8. The minimum Gasteiger partial charge on any atom is -0.361 e. The van der Waals surface area contributed by atoms with Crippen molar-refractivity contribution in [1.29, 1.82) is 0 Å². The van der Waals surface area contributed by atoms with Crippen LogP contribution in [-0.4, -0.2) is 70.4 Å². The largest absolute Gasteiger partial charge is 0.361 e. The number of anilines is 2. The van der Waals surface area contributed by atoms with Crippen molar-refractivity contribution in [1.82, 2.24) is 30.1 Å². The third-order valence-electron chi connectivity index (χ3n) is 3.83. The maximum absolute atomic E-state index is 4.33. The van der Waals surface area contributed by atoms with E-state index < -0.39 is 0 Å². The van der Waals surface area contributed by atoms with Crippen molar-refractivity contribution < 1.29 is 0 Å². The van der Waals surface area contributed by atoms with Gasteiger partial charge in [0.25, 0.3) is 0 Å². The first kappa shape index (κ1) is 14.7. The number of hydrogen-bond donors (Lipinski definition) is 0. The van der Waals surface area contributed by atoms with Gasteiger partial charge in [0.05, 0.1) is 5.69 Å². The van der Waals surface area contributed by atoms with Crippen LogP contribution in [0.5, 0.6) is 0 Å². The van der Waals surface area contributed by atoms with Crippen LogP contribution in [0.3, 0.4) is 0 Å². The van der Waals surface area contributed by atoms with Crippen LogP contribution in [0.25, 0.3) is 0 Å². The Bertz CT molecular complexity index is 598. The van der Waals surface area contributed by atoms with Gasteiger partial charge in [-0.25, -0.2) is 0 Å². The first-order valence-corrected chi connectivity index (χ1v) is 7.45. The zero-order valence-corrected chi connectivity index (χ0v) is 13.3. The van der Waals surface area contributed by atoms with E-state index in [1.165, 1.54) is 0 Å². The molecule has 0 amide bonds. The summed E-state index contributed by atoms with van der Waals surface area (Å²) < 4.78 is 1.74. The minimum atomic E-state index is 0.854. The van der Waals surface area contributed by atoms with Crippen molar-refractivity contribution in [3.63, 3.8) is 0 Å². The van der Waals surface area contributed by atoms with Crippen LogP contribution in [0.4, 0.5) is 11.6 Å². The predicted octanol–water partition coefficient (Wildman–Crippen LogP) is -0.00670. The Morgan fingerprint density at radius 1 is 1.05 bits per heavy atom. The summed E-state index contributed by atoms with van der Waals surface area (Å²) in [5.74, 6) is 1.83. The average Bonchev–Trinajstić information content (AvgIpc) is 2.93. The van der Waals surface area contributed by atoms with E-state index >= 15 is 0 Å². The van der Waals surface area contributed by atoms with Crippen molar-refractivity contribution in [3.05, 3.63) is 24.0 Å². The van der Waals surface area contributed by atoms with Gasteiger partial charge < -0.3 is 9.80 Å². The van der Waals surface area contributed by atoms with Gasteiger partial charge in [-0.3, -0.25) is 9.58 Å². The molecule has 8 nitrogen and oxygen atoms in total. The molecule has 0 saturated carbocycles. The van der Waals surface area contributed by atoms with E-state index in [9.17, 15) is 0 Å². The molecule has 0 atom stereocenters. The molecule has 1 aliphatic rings. The fourth-order valence-corrected chi connectivity index (χ4v) is 2.56. The predicted molar refractivity (Wildman–Crippen MR) is 84.9 cm³/mol. The van der Waals surface area contributed by atoms with Gasteiger partial charge in [0.15, 0.2) is 11.6 Å². The van der Waals surface area contributed by atoms with Gasteiger partial charge in [0.1, 0.15) is 0 Å². The Hall–Kier alpha value is -2.22. The smallest absolute Gasteiger partial charge is 0.151 e. The van der Waals surface area contributed by atoms with Gasteiger partial charge in [-0.15, -0.1) is 15.3 Å². The summed E-state index contributed by atoms with van der Waals surface area (Å²) in [7, 11) is 5.83. The lowest BCUT2D eigenvalue weighted by Gasteiger charge is -2.34. The lowest BCUT2D eigenvalue weighted by atomic mass is 10.3. The standard InChI is InChI=1S/C14H22N8/c1-19(2)13-4-5-14(17-16-13)22-8-6-21(7-9-22)11-12-10-20(3)18-15-12/h4-5,10H,6-9,11H2,1-3H3. The summed E-state index contributed by atoms with van der Waals surface area (Å²) in [6.45, 7) is 4.75. The molecular weight excluding hydrogens is 280 g/mol. The molecule has 1 saturated heterocycles. The average molecular weight is 302 g/mol. The molecule has 2 aromatic rings. The Morgan fingerprint density at radius 3 is 2.36 bits per heavy atom. The lowest BCUT2D eigenvalue weighted by molar-refractivity contribution is 0.246. The highest BCUT2D eigenvalue weighted by Gasteiger charge is 2.19. The SMILES string of the molecule is CN(C)c1ccc(N2CCN(Cc3cn(C)nn3)CC2)nn1. The number of nitrogens with zero attached hydrogens (tertiary/aromatic N) is 8. The topological polar surface area (TPSA) is 66.2 Å². The maximum atomic E-state index is 4.33. The van der Waals surface area contributed by atoms with Crippen LogP contribution in [0, 0.1) is 0 Å². The van der Waals surface area contributed by atoms with Crippen molar-refractivity contribution in [2.45, 2.75) is 6.54 Å². The second-order valence-corrected chi connectivity index (χ2v) is 5.79. The first-order chi connectivity index (χ1) is 10.6. The Kier molecular flexibility index (Phi) is 4.19. The van der Waals surface area contributed by atoms with Crippen LogP contribution in [-0.2, 0) is 13.6 Å². The maximum Gasteiger partial charge on any atom is 0.151 e. The van der Waals surface area contributed by atoms with E-state index in [1.54, 1.807) is 4.68 Å². The second kappa shape index (κ2) is 6.27. The Morgan fingerprint density at radius 2 is 1.82 bits per heavy atom. The van der Waals surface area contributed by atoms with Gasteiger partial charge in [-0.1, -0.05) is 5.21 Å². The van der Waals surface area contributed by atoms with Gasteiger partial charge in [0.2, 0.25) is 0 Å². The molecule has 1 aliphatic heterocycles. The lowest BCUT2D eigenvalue weighted by Crippen LogP contribution is -2.46. The quantitative estimate of drug-likeness (QED) is 0.787. The van der Waals surface area contributed by atoms with E-state index in [0.717, 1.165) is 50.1 Å². The van der Waals surface area contributed by atoms with E-state index in [2.05, 4.69) is 30.3 Å². The van der Waals surface area contributed by atoms with Crippen molar-refractivity contribution in [2.75, 3.05) is 50.1 Å². The molecule has 0 unspecified atom stereocenters. The van der Waals surface area contributed by atoms with Crippen LogP contribution < -0.4 is 9.80 Å². The third kappa shape index (κ3) is 3.33. The molecule has 0 N–H and O–H groups in total. The highest BCUT2D eigenvalue weighted by atomic mass is 15.4. The summed E-state index contributed by atoms with van der Waals surface area (Å²) >= 11 is 0. The number of hydrogen-bond acceptors (Lipinski definition) is 7. The van der Waals surface area contributed by atoms with E-state index in [1.807, 2.05) is 44.4 Å². The Balaban J connectivity index is 1.54. The van der Waals surface area contributed by atoms with Crippen molar-refractivity contribution in [2.24, 2.45) is 7.05 Å². The van der Waals surface area contributed by atoms with E-state index in [0.29, 0.717) is 0 Å². The van der Waals surface area contributed by atoms with Gasteiger partial charge in [-0.2, -0.15) is 0 Å². The molecule has 0 bridgehead atoms.